The van der Waals surface area contributed by atoms with Crippen LogP contribution < -0.4 is 5.73 Å². The van der Waals surface area contributed by atoms with E-state index in [1.165, 1.54) is 12.1 Å². The lowest BCUT2D eigenvalue weighted by Gasteiger charge is -1.93. The molecule has 0 aliphatic heterocycles. The third-order valence-electron chi connectivity index (χ3n) is 1.33. The number of carbonyl (C=O) groups is 1. The monoisotopic (exact) mass is 165 g/mol. The molecule has 2 nitrogen and oxygen atoms in total. The molecule has 0 bridgehead atoms. The van der Waals surface area contributed by atoms with Gasteiger partial charge in [-0.05, 0) is 12.1 Å². The fourth-order valence-electron chi connectivity index (χ4n) is 0.782. The maximum absolute atomic E-state index is 12.8. The minimum atomic E-state index is -0.585. The second-order valence-electron chi connectivity index (χ2n) is 2.26. The number of primary amides is 1. The summed E-state index contributed by atoms with van der Waals surface area (Å²) in [5.41, 5.74) is 5.20. The average molecular weight is 165 g/mol. The Hall–Kier alpha value is -1.64. The predicted octanol–water partition coefficient (Wildman–Crippen LogP) is 1.32. The molecule has 0 unspecified atom stereocenters. The van der Waals surface area contributed by atoms with E-state index in [4.69, 9.17) is 5.73 Å². The maximum atomic E-state index is 12.8. The van der Waals surface area contributed by atoms with Crippen molar-refractivity contribution in [2.24, 2.45) is 5.73 Å². The zero-order chi connectivity index (χ0) is 8.97. The Bertz CT molecular complexity index is 320. The van der Waals surface area contributed by atoms with E-state index in [1.54, 1.807) is 18.2 Å². The van der Waals surface area contributed by atoms with Crippen molar-refractivity contribution in [1.29, 1.82) is 0 Å². The Balaban J connectivity index is 2.89. The third-order valence-corrected chi connectivity index (χ3v) is 1.33. The van der Waals surface area contributed by atoms with E-state index in [1.807, 2.05) is 0 Å². The topological polar surface area (TPSA) is 43.1 Å². The van der Waals surface area contributed by atoms with E-state index in [9.17, 15) is 9.18 Å². The van der Waals surface area contributed by atoms with Crippen LogP contribution in [-0.4, -0.2) is 5.91 Å². The van der Waals surface area contributed by atoms with Crippen molar-refractivity contribution in [2.45, 2.75) is 0 Å². The zero-order valence-electron chi connectivity index (χ0n) is 6.33. The molecule has 3 heteroatoms. The largest absolute Gasteiger partial charge is 0.366 e. The summed E-state index contributed by atoms with van der Waals surface area (Å²) in [7, 11) is 0. The third kappa shape index (κ3) is 2.20. The summed E-state index contributed by atoms with van der Waals surface area (Å²) < 4.78 is 12.8. The molecule has 2 N–H and O–H groups in total. The maximum Gasteiger partial charge on any atom is 0.241 e. The first-order chi connectivity index (χ1) is 5.70. The van der Waals surface area contributed by atoms with Gasteiger partial charge in [-0.2, -0.15) is 0 Å². The van der Waals surface area contributed by atoms with Gasteiger partial charge in [0.05, 0.1) is 0 Å². The Morgan fingerprint density at radius 2 is 2.08 bits per heavy atom. The van der Waals surface area contributed by atoms with Gasteiger partial charge in [0.15, 0.2) is 0 Å². The van der Waals surface area contributed by atoms with Crippen LogP contribution in [0.5, 0.6) is 0 Å². The zero-order valence-corrected chi connectivity index (χ0v) is 6.33. The molecule has 1 aromatic rings. The van der Waals surface area contributed by atoms with E-state index < -0.39 is 5.91 Å². The number of amides is 1. The van der Waals surface area contributed by atoms with Crippen molar-refractivity contribution in [2.75, 3.05) is 0 Å². The smallest absolute Gasteiger partial charge is 0.241 e. The van der Waals surface area contributed by atoms with Crippen LogP contribution >= 0.6 is 0 Å². The average Bonchev–Trinajstić information content (AvgIpc) is 2.03. The lowest BCUT2D eigenvalue weighted by atomic mass is 10.2. The SMILES string of the molecule is NC(=O)/C=C/c1ccccc1F. The second kappa shape index (κ2) is 3.67. The van der Waals surface area contributed by atoms with Crippen LogP contribution in [0.2, 0.25) is 0 Å². The van der Waals surface area contributed by atoms with E-state index in [0.29, 0.717) is 5.56 Å². The van der Waals surface area contributed by atoms with Gasteiger partial charge in [0, 0.05) is 11.6 Å². The summed E-state index contributed by atoms with van der Waals surface area (Å²) >= 11 is 0. The molecule has 1 aromatic carbocycles. The number of hydrogen-bond acceptors (Lipinski definition) is 1. The van der Waals surface area contributed by atoms with Crippen LogP contribution in [0.3, 0.4) is 0 Å². The molecule has 62 valence electrons. The lowest BCUT2D eigenvalue weighted by molar-refractivity contribution is -0.113. The van der Waals surface area contributed by atoms with Crippen LogP contribution in [0.4, 0.5) is 4.39 Å². The Morgan fingerprint density at radius 3 is 2.67 bits per heavy atom. The first-order valence-corrected chi connectivity index (χ1v) is 3.42. The first kappa shape index (κ1) is 8.46. The Labute approximate surface area is 69.5 Å². The highest BCUT2D eigenvalue weighted by atomic mass is 19.1. The van der Waals surface area contributed by atoms with Crippen molar-refractivity contribution in [1.82, 2.24) is 0 Å². The summed E-state index contributed by atoms with van der Waals surface area (Å²) in [6, 6.07) is 6.15. The molecule has 1 amide bonds. The van der Waals surface area contributed by atoms with Crippen molar-refractivity contribution in [3.63, 3.8) is 0 Å². The van der Waals surface area contributed by atoms with Gasteiger partial charge >= 0.3 is 0 Å². The van der Waals surface area contributed by atoms with Gasteiger partial charge in [0.1, 0.15) is 5.82 Å². The molecule has 0 saturated heterocycles. The molecule has 0 radical (unpaired) electrons. The number of rotatable bonds is 2. The highest BCUT2D eigenvalue weighted by Crippen LogP contribution is 2.07. The van der Waals surface area contributed by atoms with Gasteiger partial charge in [-0.15, -0.1) is 0 Å². The number of benzene rings is 1. The van der Waals surface area contributed by atoms with Gasteiger partial charge in [0.2, 0.25) is 5.91 Å². The van der Waals surface area contributed by atoms with E-state index in [2.05, 4.69) is 0 Å². The van der Waals surface area contributed by atoms with Crippen LogP contribution in [0.1, 0.15) is 5.56 Å². The van der Waals surface area contributed by atoms with E-state index in [-0.39, 0.29) is 5.82 Å². The molecule has 0 aromatic heterocycles. The summed E-state index contributed by atoms with van der Waals surface area (Å²) in [6.07, 6.45) is 2.47. The van der Waals surface area contributed by atoms with Gasteiger partial charge < -0.3 is 5.73 Å². The minimum absolute atomic E-state index is 0.358. The molecule has 0 aliphatic rings. The fourth-order valence-corrected chi connectivity index (χ4v) is 0.782. The van der Waals surface area contributed by atoms with Crippen molar-refractivity contribution < 1.29 is 9.18 Å². The quantitative estimate of drug-likeness (QED) is 0.660. The number of carbonyl (C=O) groups excluding carboxylic acids is 1. The summed E-state index contributed by atoms with van der Waals surface area (Å²) in [4.78, 5) is 10.3. The second-order valence-corrected chi connectivity index (χ2v) is 2.26. The Kier molecular flexibility index (Phi) is 2.58. The number of hydrogen-bond donors (Lipinski definition) is 1. The molecule has 0 saturated carbocycles. The van der Waals surface area contributed by atoms with Gasteiger partial charge in [-0.3, -0.25) is 4.79 Å². The van der Waals surface area contributed by atoms with Crippen molar-refractivity contribution in [3.8, 4) is 0 Å². The van der Waals surface area contributed by atoms with Crippen molar-refractivity contribution >= 4 is 12.0 Å². The summed E-state index contributed by atoms with van der Waals surface area (Å²) in [5, 5.41) is 0. The fraction of sp³-hybridized carbons (Fsp3) is 0. The van der Waals surface area contributed by atoms with Gasteiger partial charge in [-0.25, -0.2) is 4.39 Å². The molecule has 0 aliphatic carbocycles. The highest BCUT2D eigenvalue weighted by molar-refractivity contribution is 5.90. The van der Waals surface area contributed by atoms with Gasteiger partial charge in [0.25, 0.3) is 0 Å². The molecule has 1 rings (SSSR count). The molecule has 12 heavy (non-hydrogen) atoms. The van der Waals surface area contributed by atoms with Crippen molar-refractivity contribution in [3.05, 3.63) is 41.7 Å². The molecule has 0 heterocycles. The van der Waals surface area contributed by atoms with Crippen LogP contribution in [0.25, 0.3) is 6.08 Å². The lowest BCUT2D eigenvalue weighted by Crippen LogP contribution is -2.05. The van der Waals surface area contributed by atoms with Crippen LogP contribution in [-0.2, 0) is 4.79 Å². The van der Waals surface area contributed by atoms with E-state index >= 15 is 0 Å². The summed E-state index contributed by atoms with van der Waals surface area (Å²) in [5.74, 6) is -0.951. The molecular formula is C9H8FNO. The van der Waals surface area contributed by atoms with E-state index in [0.717, 1.165) is 6.08 Å². The predicted molar refractivity (Wildman–Crippen MR) is 44.6 cm³/mol. The Morgan fingerprint density at radius 1 is 1.42 bits per heavy atom. The molecule has 0 atom stereocenters. The normalized spacial score (nSPS) is 10.4. The first-order valence-electron chi connectivity index (χ1n) is 3.42. The number of halogens is 1. The molecule has 0 spiro atoms. The van der Waals surface area contributed by atoms with Crippen LogP contribution in [0, 0.1) is 5.82 Å². The number of nitrogens with two attached hydrogens (primary N) is 1. The standard InChI is InChI=1S/C9H8FNO/c10-8-4-2-1-3-7(8)5-6-9(11)12/h1-6H,(H2,11,12)/b6-5+. The molecular weight excluding hydrogens is 157 g/mol. The highest BCUT2D eigenvalue weighted by Gasteiger charge is 1.94. The minimum Gasteiger partial charge on any atom is -0.366 e. The molecule has 0 fully saturated rings. The van der Waals surface area contributed by atoms with Gasteiger partial charge in [-0.1, -0.05) is 18.2 Å². The summed E-state index contributed by atoms with van der Waals surface area (Å²) in [6.45, 7) is 0. The van der Waals surface area contributed by atoms with Crippen LogP contribution in [0.15, 0.2) is 30.3 Å².